The molecule has 0 fully saturated rings. The molecule has 3 N–H and O–H groups in total. The monoisotopic (exact) mass is 549 g/mol. The number of aromatic nitrogens is 1. The Morgan fingerprint density at radius 1 is 1.11 bits per heavy atom. The maximum atomic E-state index is 14.2. The van der Waals surface area contributed by atoms with E-state index in [1.54, 1.807) is 24.3 Å². The maximum Gasteiger partial charge on any atom is 0.494 e. The topological polar surface area (TPSA) is 106 Å². The van der Waals surface area contributed by atoms with Crippen LogP contribution in [-0.2, 0) is 5.75 Å². The molecule has 8 nitrogen and oxygen atoms in total. The second kappa shape index (κ2) is 9.36. The van der Waals surface area contributed by atoms with Crippen LogP contribution in [0.5, 0.6) is 5.75 Å². The summed E-state index contributed by atoms with van der Waals surface area (Å²) >= 11 is 1.39. The number of benzene rings is 2. The molecule has 0 spiro atoms. The Labute approximate surface area is 217 Å². The van der Waals surface area contributed by atoms with Gasteiger partial charge in [0.25, 0.3) is 5.91 Å². The van der Waals surface area contributed by atoms with Crippen molar-refractivity contribution in [3.63, 3.8) is 0 Å². The molecule has 0 unspecified atom stereocenters. The molecule has 1 aromatic heterocycles. The van der Waals surface area contributed by atoms with E-state index in [1.165, 1.54) is 35.0 Å². The highest BCUT2D eigenvalue weighted by molar-refractivity contribution is 7.98. The smallest absolute Gasteiger partial charge is 0.494 e. The van der Waals surface area contributed by atoms with Crippen LogP contribution < -0.4 is 15.9 Å². The number of nitrogens with zero attached hydrogens (tertiary/aromatic N) is 3. The number of thioether (sulfide) groups is 1. The van der Waals surface area contributed by atoms with Crippen molar-refractivity contribution in [1.82, 2.24) is 9.58 Å². The van der Waals surface area contributed by atoms with Gasteiger partial charge in [-0.15, -0.1) is 11.8 Å². The predicted molar refractivity (Wildman–Crippen MR) is 131 cm³/mol. The number of halogens is 4. The molecule has 2 aliphatic heterocycles. The quantitative estimate of drug-likeness (QED) is 0.340. The van der Waals surface area contributed by atoms with E-state index in [0.717, 1.165) is 22.7 Å². The zero-order valence-corrected chi connectivity index (χ0v) is 20.5. The number of carbonyl (C=O) groups excluding carboxylic acids is 1. The first kappa shape index (κ1) is 26.1. The van der Waals surface area contributed by atoms with E-state index in [-0.39, 0.29) is 0 Å². The second-order valence-corrected chi connectivity index (χ2v) is 9.99. The highest BCUT2D eigenvalue weighted by Crippen LogP contribution is 2.43. The normalized spacial score (nSPS) is 17.9. The highest BCUT2D eigenvalue weighted by atomic mass is 32.2. The van der Waals surface area contributed by atoms with E-state index in [9.17, 15) is 42.3 Å². The summed E-state index contributed by atoms with van der Waals surface area (Å²) in [6, 6.07) is 7.84. The third kappa shape index (κ3) is 4.22. The van der Waals surface area contributed by atoms with Gasteiger partial charge in [-0.3, -0.25) is 19.3 Å². The molecule has 1 amide bonds. The Balaban J connectivity index is 1.82. The Morgan fingerprint density at radius 2 is 1.82 bits per heavy atom. The van der Waals surface area contributed by atoms with Crippen LogP contribution >= 0.6 is 11.8 Å². The number of carbonyl (C=O) groups is 1. The summed E-state index contributed by atoms with van der Waals surface area (Å²) in [5.41, 5.74) is -1.06. The number of aromatic hydroxyl groups is 1. The second-order valence-electron chi connectivity index (χ2n) is 8.97. The Kier molecular flexibility index (Phi) is 6.44. The third-order valence-electron chi connectivity index (χ3n) is 6.74. The van der Waals surface area contributed by atoms with E-state index in [4.69, 9.17) is 0 Å². The number of pyridine rings is 1. The summed E-state index contributed by atoms with van der Waals surface area (Å²) in [5, 5.41) is 31.5. The summed E-state index contributed by atoms with van der Waals surface area (Å²) in [6.45, 7) is 0.128. The lowest BCUT2D eigenvalue weighted by atomic mass is 9.81. The minimum absolute atomic E-state index is 0.346. The van der Waals surface area contributed by atoms with E-state index in [2.05, 4.69) is 0 Å². The van der Waals surface area contributed by atoms with Gasteiger partial charge in [-0.25, -0.2) is 4.39 Å². The van der Waals surface area contributed by atoms with Crippen molar-refractivity contribution < 1.29 is 37.5 Å². The average molecular weight is 549 g/mol. The van der Waals surface area contributed by atoms with Gasteiger partial charge in [0.2, 0.25) is 5.43 Å². The van der Waals surface area contributed by atoms with Gasteiger partial charge in [0.15, 0.2) is 11.4 Å². The van der Waals surface area contributed by atoms with Crippen LogP contribution in [-0.4, -0.2) is 56.6 Å². The number of hydrogen-bond donors (Lipinski definition) is 3. The first-order valence-corrected chi connectivity index (χ1v) is 12.4. The van der Waals surface area contributed by atoms with Gasteiger partial charge >= 0.3 is 13.3 Å². The molecule has 0 saturated carbocycles. The van der Waals surface area contributed by atoms with Gasteiger partial charge in [-0.1, -0.05) is 24.3 Å². The van der Waals surface area contributed by atoms with E-state index in [0.29, 0.717) is 27.3 Å². The van der Waals surface area contributed by atoms with E-state index in [1.807, 2.05) is 0 Å². The lowest BCUT2D eigenvalue weighted by Crippen LogP contribution is -2.61. The maximum absolute atomic E-state index is 14.2. The van der Waals surface area contributed by atoms with Crippen LogP contribution in [0.25, 0.3) is 0 Å². The Bertz CT molecular complexity index is 1500. The molecule has 2 aromatic carbocycles. The molecule has 198 valence electrons. The van der Waals surface area contributed by atoms with Gasteiger partial charge in [-0.2, -0.15) is 13.2 Å². The van der Waals surface area contributed by atoms with Crippen LogP contribution in [0.1, 0.15) is 40.1 Å². The highest BCUT2D eigenvalue weighted by Gasteiger charge is 2.48. The van der Waals surface area contributed by atoms with Crippen molar-refractivity contribution >= 4 is 30.3 Å². The Morgan fingerprint density at radius 3 is 2.50 bits per heavy atom. The van der Waals surface area contributed by atoms with Crippen LogP contribution in [0.4, 0.5) is 17.6 Å². The Hall–Kier alpha value is -3.49. The summed E-state index contributed by atoms with van der Waals surface area (Å²) < 4.78 is 56.7. The predicted octanol–water partition coefficient (Wildman–Crippen LogP) is 2.07. The first-order valence-electron chi connectivity index (χ1n) is 11.4. The minimum Gasteiger partial charge on any atom is -0.503 e. The summed E-state index contributed by atoms with van der Waals surface area (Å²) in [7, 11) is -2.34. The van der Waals surface area contributed by atoms with Crippen molar-refractivity contribution in [3.05, 3.63) is 87.1 Å². The van der Waals surface area contributed by atoms with Crippen molar-refractivity contribution in [2.75, 3.05) is 11.7 Å². The molecule has 3 aromatic rings. The number of hydrogen-bond acceptors (Lipinski definition) is 7. The van der Waals surface area contributed by atoms with E-state index < -0.39 is 66.1 Å². The number of amides is 1. The van der Waals surface area contributed by atoms with Crippen LogP contribution in [0.2, 0.25) is 0 Å². The molecule has 0 bridgehead atoms. The van der Waals surface area contributed by atoms with Crippen LogP contribution in [0.15, 0.2) is 58.4 Å². The SMILES string of the molecule is C[C@@H](N1CN([C@H]2c3ccc(F)cc3CSc3ccccc32)n2cc(B(O)O)c(=O)c(O)c2C1=O)C(F)(F)F. The zero-order valence-electron chi connectivity index (χ0n) is 19.7. The summed E-state index contributed by atoms with van der Waals surface area (Å²) in [6.07, 6.45) is -3.92. The van der Waals surface area contributed by atoms with Gasteiger partial charge < -0.3 is 20.1 Å². The molecular weight excluding hydrogens is 529 g/mol. The van der Waals surface area contributed by atoms with E-state index >= 15 is 0 Å². The van der Waals surface area contributed by atoms with Crippen LogP contribution in [0, 0.1) is 5.82 Å². The van der Waals surface area contributed by atoms with Crippen molar-refractivity contribution in [1.29, 1.82) is 0 Å². The third-order valence-corrected chi connectivity index (χ3v) is 7.88. The molecule has 0 saturated heterocycles. The molecule has 14 heteroatoms. The number of alkyl halides is 3. The molecule has 2 aliphatic rings. The van der Waals surface area contributed by atoms with Gasteiger partial charge in [0, 0.05) is 16.8 Å². The zero-order chi connectivity index (χ0) is 27.5. The van der Waals surface area contributed by atoms with Gasteiger partial charge in [0.05, 0.1) is 11.5 Å². The van der Waals surface area contributed by atoms with Gasteiger partial charge in [-0.05, 0) is 41.8 Å². The number of fused-ring (bicyclic) bond motifs is 3. The van der Waals surface area contributed by atoms with Crippen molar-refractivity contribution in [2.24, 2.45) is 0 Å². The molecule has 2 atom stereocenters. The fraction of sp³-hybridized carbons (Fsp3) is 0.250. The van der Waals surface area contributed by atoms with Crippen LogP contribution in [0.3, 0.4) is 0 Å². The average Bonchev–Trinajstić information content (AvgIpc) is 3.01. The van der Waals surface area contributed by atoms with Gasteiger partial charge in [0.1, 0.15) is 18.5 Å². The summed E-state index contributed by atoms with van der Waals surface area (Å²) in [4.78, 5) is 27.2. The minimum atomic E-state index is -4.83. The van der Waals surface area contributed by atoms with Crippen molar-refractivity contribution in [2.45, 2.75) is 35.8 Å². The molecular formula is C24H20BF4N3O5S. The fourth-order valence-electron chi connectivity index (χ4n) is 4.75. The molecule has 5 rings (SSSR count). The first-order chi connectivity index (χ1) is 17.9. The standard InChI is InChI=1S/C24H20BF4N3O5S/c1-12(24(27,28)29)30-11-32(31-9-17(25(36)37)21(33)22(34)20(31)23(30)35)19-15-7-6-14(26)8-13(15)10-38-18-5-3-2-4-16(18)19/h2-9,12,19,34,36-37H,10-11H2,1H3/t12-,19+/m1/s1. The lowest BCUT2D eigenvalue weighted by molar-refractivity contribution is -0.173. The van der Waals surface area contributed by atoms with Crippen molar-refractivity contribution in [3.8, 4) is 5.75 Å². The molecule has 0 aliphatic carbocycles. The lowest BCUT2D eigenvalue weighted by Gasteiger charge is -2.46. The molecule has 38 heavy (non-hydrogen) atoms. The fourth-order valence-corrected chi connectivity index (χ4v) is 5.83. The molecule has 0 radical (unpaired) electrons. The largest absolute Gasteiger partial charge is 0.503 e. The number of rotatable bonds is 3. The molecule has 3 heterocycles. The summed E-state index contributed by atoms with van der Waals surface area (Å²) in [5.74, 6) is -2.66.